The first-order valence-electron chi connectivity index (χ1n) is 22.5. The van der Waals surface area contributed by atoms with Crippen LogP contribution in [-0.4, -0.2) is 93.6 Å². The zero-order valence-electron chi connectivity index (χ0n) is 41.6. The first-order chi connectivity index (χ1) is 27.7. The molecule has 0 bridgehead atoms. The molecule has 62 heavy (non-hydrogen) atoms. The van der Waals surface area contributed by atoms with Gasteiger partial charge in [-0.25, -0.2) is 0 Å². The number of ether oxygens (including phenoxy) is 4. The van der Waals surface area contributed by atoms with Crippen LogP contribution >= 0.6 is 0 Å². The van der Waals surface area contributed by atoms with Gasteiger partial charge in [0.25, 0.3) is 0 Å². The molecule has 0 saturated carbocycles. The van der Waals surface area contributed by atoms with E-state index in [1.165, 1.54) is 6.92 Å². The number of rotatable bonds is 21. The quantitative estimate of drug-likeness (QED) is 0.0486. The molecule has 2 fully saturated rings. The molecule has 0 amide bonds. The highest BCUT2D eigenvalue weighted by Crippen LogP contribution is 2.48. The molecule has 0 aromatic carbocycles. The molecule has 0 aromatic heterocycles. The smallest absolute Gasteiger partial charge is 0.312 e. The number of carboxylic acids is 2. The predicted molar refractivity (Wildman–Crippen MR) is 237 cm³/mol. The molecule has 0 aliphatic carbocycles. The molecule has 2 heterocycles. The third-order valence-corrected chi connectivity index (χ3v) is 13.3. The van der Waals surface area contributed by atoms with Gasteiger partial charge in [0.05, 0.1) is 32.5 Å². The maximum absolute atomic E-state index is 14.2. The number of piperidine rings is 2. The molecule has 14 heteroatoms. The number of hydrogen-bond donors (Lipinski definition) is 4. The van der Waals surface area contributed by atoms with Crippen molar-refractivity contribution in [3.8, 4) is 0 Å². The van der Waals surface area contributed by atoms with Crippen LogP contribution in [0.5, 0.6) is 0 Å². The molecule has 0 spiro atoms. The first kappa shape index (κ1) is 54.9. The average Bonchev–Trinajstić information content (AvgIpc) is 3.06. The molecule has 4 unspecified atom stereocenters. The van der Waals surface area contributed by atoms with Crippen LogP contribution in [0.4, 0.5) is 0 Å². The lowest BCUT2D eigenvalue weighted by Gasteiger charge is -2.47. The summed E-state index contributed by atoms with van der Waals surface area (Å²) in [6.45, 7) is 32.2. The highest BCUT2D eigenvalue weighted by Gasteiger charge is 2.53. The topological polar surface area (TPSA) is 204 Å². The maximum atomic E-state index is 14.2. The Morgan fingerprint density at radius 2 is 0.790 bits per heavy atom. The summed E-state index contributed by atoms with van der Waals surface area (Å²) in [4.78, 5) is 80.6. The van der Waals surface area contributed by atoms with E-state index in [-0.39, 0.29) is 73.6 Å². The van der Waals surface area contributed by atoms with Crippen LogP contribution in [0.2, 0.25) is 0 Å². The minimum atomic E-state index is -1.52. The van der Waals surface area contributed by atoms with Gasteiger partial charge in [0.2, 0.25) is 0 Å². The fraction of sp³-hybridized carbons (Fsp3) is 0.875. The van der Waals surface area contributed by atoms with E-state index >= 15 is 0 Å². The van der Waals surface area contributed by atoms with Gasteiger partial charge >= 0.3 is 35.8 Å². The van der Waals surface area contributed by atoms with E-state index in [2.05, 4.69) is 38.3 Å². The van der Waals surface area contributed by atoms with Crippen LogP contribution in [0, 0.1) is 32.5 Å². The molecular formula is C48H84N2O12. The molecule has 14 nitrogen and oxygen atoms in total. The molecule has 2 saturated heterocycles. The van der Waals surface area contributed by atoms with E-state index in [4.69, 9.17) is 18.9 Å². The van der Waals surface area contributed by atoms with Gasteiger partial charge in [0.1, 0.15) is 25.4 Å². The summed E-state index contributed by atoms with van der Waals surface area (Å²) in [6.07, 6.45) is 1.78. The van der Waals surface area contributed by atoms with Crippen molar-refractivity contribution in [1.82, 2.24) is 10.6 Å². The van der Waals surface area contributed by atoms with E-state index < -0.39 is 74.4 Å². The summed E-state index contributed by atoms with van der Waals surface area (Å²) in [5, 5.41) is 27.8. The van der Waals surface area contributed by atoms with Gasteiger partial charge in [0, 0.05) is 47.8 Å². The fourth-order valence-electron chi connectivity index (χ4n) is 10.8. The van der Waals surface area contributed by atoms with E-state index in [1.807, 2.05) is 34.6 Å². The van der Waals surface area contributed by atoms with Crippen LogP contribution in [-0.2, 0) is 47.7 Å². The van der Waals surface area contributed by atoms with Crippen LogP contribution in [0.15, 0.2) is 0 Å². The normalized spacial score (nSPS) is 22.9. The number of aliphatic carboxylic acids is 2. The summed E-state index contributed by atoms with van der Waals surface area (Å²) in [7, 11) is 0. The largest absolute Gasteiger partial charge is 0.481 e. The van der Waals surface area contributed by atoms with Gasteiger partial charge in [-0.1, -0.05) is 13.8 Å². The van der Waals surface area contributed by atoms with Crippen LogP contribution in [0.1, 0.15) is 189 Å². The van der Waals surface area contributed by atoms with Gasteiger partial charge in [-0.2, -0.15) is 0 Å². The molecular weight excluding hydrogens is 797 g/mol. The van der Waals surface area contributed by atoms with Crippen molar-refractivity contribution in [2.75, 3.05) is 13.2 Å². The Bertz CT molecular complexity index is 1630. The second-order valence-corrected chi connectivity index (χ2v) is 24.0. The van der Waals surface area contributed by atoms with Crippen molar-refractivity contribution in [2.24, 2.45) is 32.5 Å². The summed E-state index contributed by atoms with van der Waals surface area (Å²) in [6, 6.07) is 0. The molecule has 4 N–H and O–H groups in total. The number of carboxylic acid groups (broad SMARTS) is 2. The highest BCUT2D eigenvalue weighted by atomic mass is 16.6. The summed E-state index contributed by atoms with van der Waals surface area (Å²) >= 11 is 0. The van der Waals surface area contributed by atoms with Gasteiger partial charge in [-0.15, -0.1) is 0 Å². The SMILES string of the molecule is CCC(C)(CC(C)(CC(C)(C)C(=O)O)C(=O)OC1CC(C)(C)NC(C)(C)C1)C(=O)OCCOC(=O)C(C)(C)CC(C)(CC(C)(CC)C(=O)OC1CC(C)(C)NC(C)(C)C1)C(=O)O. The zero-order chi connectivity index (χ0) is 48.3. The van der Waals surface area contributed by atoms with Crippen molar-refractivity contribution < 1.29 is 57.9 Å². The summed E-state index contributed by atoms with van der Waals surface area (Å²) in [5.41, 5.74) is -9.07. The summed E-state index contributed by atoms with van der Waals surface area (Å²) < 4.78 is 23.5. The van der Waals surface area contributed by atoms with Crippen molar-refractivity contribution in [3.05, 3.63) is 0 Å². The molecule has 2 rings (SSSR count). The monoisotopic (exact) mass is 881 g/mol. The third kappa shape index (κ3) is 14.6. The Balaban J connectivity index is 2.17. The molecule has 4 atom stereocenters. The maximum Gasteiger partial charge on any atom is 0.312 e. The molecule has 2 aliphatic heterocycles. The van der Waals surface area contributed by atoms with E-state index in [9.17, 15) is 39.0 Å². The van der Waals surface area contributed by atoms with Crippen molar-refractivity contribution in [1.29, 1.82) is 0 Å². The lowest BCUT2D eigenvalue weighted by Crippen LogP contribution is -2.60. The first-order valence-corrected chi connectivity index (χ1v) is 22.5. The standard InChI is InChI=1S/C48H84N2O12/c1-19-45(15,30-48(18,27-39(3,4)33(51)52)38(58)62-32-25-43(11,12)50-44(13,14)26-32)36(56)60-22-21-59-35(55)40(5,6)28-47(17,34(53)54)29-46(16,20-2)37(57)61-31-23-41(7,8)49-42(9,10)24-31/h31-32,49-50H,19-30H2,1-18H3,(H,51,52)(H,53,54). The van der Waals surface area contributed by atoms with Gasteiger partial charge in [0.15, 0.2) is 0 Å². The lowest BCUT2D eigenvalue weighted by atomic mass is 9.65. The predicted octanol–water partition coefficient (Wildman–Crippen LogP) is 8.40. The van der Waals surface area contributed by atoms with E-state index in [1.54, 1.807) is 55.4 Å². The molecule has 358 valence electrons. The Labute approximate surface area is 372 Å². The van der Waals surface area contributed by atoms with Crippen LogP contribution in [0.3, 0.4) is 0 Å². The number of nitrogens with one attached hydrogen (secondary N) is 2. The number of esters is 4. The lowest BCUT2D eigenvalue weighted by molar-refractivity contribution is -0.176. The fourth-order valence-corrected chi connectivity index (χ4v) is 10.8. The van der Waals surface area contributed by atoms with Crippen molar-refractivity contribution in [2.45, 2.75) is 223 Å². The van der Waals surface area contributed by atoms with Crippen molar-refractivity contribution in [3.63, 3.8) is 0 Å². The van der Waals surface area contributed by atoms with E-state index in [0.29, 0.717) is 32.1 Å². The Kier molecular flexibility index (Phi) is 16.9. The number of carbonyl (C=O) groups excluding carboxylic acids is 4. The average molecular weight is 881 g/mol. The van der Waals surface area contributed by atoms with Crippen LogP contribution in [0.25, 0.3) is 0 Å². The van der Waals surface area contributed by atoms with Crippen LogP contribution < -0.4 is 10.6 Å². The molecule has 0 aromatic rings. The minimum Gasteiger partial charge on any atom is -0.481 e. The van der Waals surface area contributed by atoms with Gasteiger partial charge < -0.3 is 39.8 Å². The Morgan fingerprint density at radius 3 is 1.15 bits per heavy atom. The van der Waals surface area contributed by atoms with Gasteiger partial charge in [-0.05, 0) is 149 Å². The Morgan fingerprint density at radius 1 is 0.468 bits per heavy atom. The summed E-state index contributed by atoms with van der Waals surface area (Å²) in [5.74, 6) is -4.63. The van der Waals surface area contributed by atoms with Gasteiger partial charge in [-0.3, -0.25) is 28.8 Å². The minimum absolute atomic E-state index is 0.0543. The molecule has 0 radical (unpaired) electrons. The second kappa shape index (κ2) is 19.1. The number of carbonyl (C=O) groups is 6. The van der Waals surface area contributed by atoms with E-state index in [0.717, 1.165) is 0 Å². The second-order valence-electron chi connectivity index (χ2n) is 24.0. The van der Waals surface area contributed by atoms with Crippen molar-refractivity contribution >= 4 is 35.8 Å². The molecule has 2 aliphatic rings. The third-order valence-electron chi connectivity index (χ3n) is 13.3. The highest BCUT2D eigenvalue weighted by molar-refractivity contribution is 5.83. The zero-order valence-corrected chi connectivity index (χ0v) is 41.6. The Hall–Kier alpha value is -3.26. The number of hydrogen-bond acceptors (Lipinski definition) is 12.